The van der Waals surface area contributed by atoms with Gasteiger partial charge in [0.25, 0.3) is 5.97 Å². The summed E-state index contributed by atoms with van der Waals surface area (Å²) < 4.78 is 0. The molecule has 0 aliphatic carbocycles. The molecule has 10 heteroatoms. The first-order valence-corrected chi connectivity index (χ1v) is 9.58. The van der Waals surface area contributed by atoms with E-state index in [4.69, 9.17) is 27.1 Å². The summed E-state index contributed by atoms with van der Waals surface area (Å²) in [7, 11) is 0. The summed E-state index contributed by atoms with van der Waals surface area (Å²) >= 11 is 0. The number of primary amides is 1. The average Bonchev–Trinajstić information content (AvgIpc) is 3.07. The molecule has 0 spiro atoms. The van der Waals surface area contributed by atoms with E-state index in [1.807, 2.05) is 0 Å². The van der Waals surface area contributed by atoms with E-state index in [0.717, 1.165) is 26.2 Å². The fraction of sp³-hybridized carbons (Fsp3) is 0.778. The van der Waals surface area contributed by atoms with Gasteiger partial charge in [-0.25, -0.2) is 0 Å². The van der Waals surface area contributed by atoms with Crippen molar-refractivity contribution in [3.05, 3.63) is 0 Å². The number of amides is 3. The van der Waals surface area contributed by atoms with Gasteiger partial charge in [-0.1, -0.05) is 20.3 Å². The lowest BCUT2D eigenvalue weighted by Crippen LogP contribution is -2.55. The Morgan fingerprint density at radius 1 is 1.21 bits per heavy atom. The van der Waals surface area contributed by atoms with Gasteiger partial charge in [-0.2, -0.15) is 0 Å². The first kappa shape index (κ1) is 25.8. The highest BCUT2D eigenvalue weighted by Crippen LogP contribution is 2.20. The Morgan fingerprint density at radius 3 is 2.25 bits per heavy atom. The predicted molar refractivity (Wildman–Crippen MR) is 105 cm³/mol. The molecule has 0 unspecified atom stereocenters. The van der Waals surface area contributed by atoms with E-state index in [2.05, 4.69) is 5.32 Å². The van der Waals surface area contributed by atoms with Gasteiger partial charge in [-0.15, -0.1) is 0 Å². The van der Waals surface area contributed by atoms with Crippen molar-refractivity contribution in [2.75, 3.05) is 13.1 Å². The fourth-order valence-electron chi connectivity index (χ4n) is 2.96. The van der Waals surface area contributed by atoms with E-state index in [0.29, 0.717) is 25.9 Å². The monoisotopic (exact) mass is 401 g/mol. The third-order valence-electron chi connectivity index (χ3n) is 4.40. The molecule has 0 bridgehead atoms. The Balaban J connectivity index is 0.00000165. The van der Waals surface area contributed by atoms with Gasteiger partial charge in [0.1, 0.15) is 12.1 Å². The zero-order chi connectivity index (χ0) is 21.9. The van der Waals surface area contributed by atoms with Gasteiger partial charge < -0.3 is 32.5 Å². The van der Waals surface area contributed by atoms with Crippen LogP contribution >= 0.6 is 0 Å². The molecule has 1 aliphatic heterocycles. The SMILES string of the molecule is CC(=O)O.CC(C)[C@H](NC(=O)[C@@H]1CCCN1C(=O)[C@@H](N)CCCCN)C(N)=O. The number of carboxylic acid groups (broad SMARTS) is 1. The van der Waals surface area contributed by atoms with Crippen LogP contribution in [-0.2, 0) is 19.2 Å². The van der Waals surface area contributed by atoms with Gasteiger partial charge in [-0.05, 0) is 38.1 Å². The molecule has 0 aromatic carbocycles. The molecule has 3 amide bonds. The molecule has 162 valence electrons. The summed E-state index contributed by atoms with van der Waals surface area (Å²) in [5.41, 5.74) is 16.7. The summed E-state index contributed by atoms with van der Waals surface area (Å²) in [5, 5.41) is 10.1. The van der Waals surface area contributed by atoms with Crippen LogP contribution in [0.4, 0.5) is 0 Å². The first-order chi connectivity index (χ1) is 13.0. The summed E-state index contributed by atoms with van der Waals surface area (Å²) in [6, 6.07) is -1.95. The lowest BCUT2D eigenvalue weighted by molar-refractivity contribution is -0.140. The normalized spacial score (nSPS) is 18.1. The molecule has 8 N–H and O–H groups in total. The maximum Gasteiger partial charge on any atom is 0.300 e. The molecule has 1 heterocycles. The summed E-state index contributed by atoms with van der Waals surface area (Å²) in [6.07, 6.45) is 3.46. The second-order valence-electron chi connectivity index (χ2n) is 7.23. The summed E-state index contributed by atoms with van der Waals surface area (Å²) in [6.45, 7) is 5.77. The summed E-state index contributed by atoms with van der Waals surface area (Å²) in [5.74, 6) is -2.08. The number of likely N-dealkylation sites (tertiary alicyclic amines) is 1. The van der Waals surface area contributed by atoms with Gasteiger partial charge in [0.15, 0.2) is 0 Å². The van der Waals surface area contributed by atoms with Crippen LogP contribution in [0.5, 0.6) is 0 Å². The zero-order valence-electron chi connectivity index (χ0n) is 17.0. The quantitative estimate of drug-likeness (QED) is 0.312. The Morgan fingerprint density at radius 2 is 1.79 bits per heavy atom. The van der Waals surface area contributed by atoms with Crippen LogP contribution in [0.3, 0.4) is 0 Å². The Bertz CT molecular complexity index is 536. The minimum Gasteiger partial charge on any atom is -0.481 e. The van der Waals surface area contributed by atoms with E-state index in [-0.39, 0.29) is 17.7 Å². The lowest BCUT2D eigenvalue weighted by atomic mass is 10.0. The second kappa shape index (κ2) is 13.1. The maximum absolute atomic E-state index is 12.5. The van der Waals surface area contributed by atoms with Crippen LogP contribution in [0.2, 0.25) is 0 Å². The molecular formula is C18H35N5O5. The first-order valence-electron chi connectivity index (χ1n) is 9.58. The molecule has 0 saturated carbocycles. The van der Waals surface area contributed by atoms with Crippen molar-refractivity contribution in [1.29, 1.82) is 0 Å². The van der Waals surface area contributed by atoms with Crippen LogP contribution in [0.1, 0.15) is 52.9 Å². The Kier molecular flexibility index (Phi) is 12.0. The molecule has 28 heavy (non-hydrogen) atoms. The standard InChI is InChI=1S/C16H31N5O3.C2H4O2/c1-10(2)13(14(19)22)20-15(23)12-7-5-9-21(12)16(24)11(18)6-3-4-8-17;1-2(3)4/h10-13H,3-9,17-18H2,1-2H3,(H2,19,22)(H,20,23);1H3,(H,3,4)/t11-,12-,13-;/m0./s1. The fourth-order valence-corrected chi connectivity index (χ4v) is 2.96. The average molecular weight is 402 g/mol. The minimum absolute atomic E-state index is 0.115. The largest absolute Gasteiger partial charge is 0.481 e. The second-order valence-corrected chi connectivity index (χ2v) is 7.23. The Labute approximate surface area is 166 Å². The highest BCUT2D eigenvalue weighted by atomic mass is 16.4. The highest BCUT2D eigenvalue weighted by molar-refractivity contribution is 5.93. The van der Waals surface area contributed by atoms with Crippen molar-refractivity contribution in [3.63, 3.8) is 0 Å². The van der Waals surface area contributed by atoms with Crippen molar-refractivity contribution in [2.45, 2.75) is 71.0 Å². The number of nitrogens with two attached hydrogens (primary N) is 3. The van der Waals surface area contributed by atoms with Gasteiger partial charge in [0.05, 0.1) is 6.04 Å². The van der Waals surface area contributed by atoms with E-state index in [1.54, 1.807) is 13.8 Å². The molecule has 1 fully saturated rings. The predicted octanol–water partition coefficient (Wildman–Crippen LogP) is -0.849. The lowest BCUT2D eigenvalue weighted by Gasteiger charge is -2.28. The number of nitrogens with zero attached hydrogens (tertiary/aromatic N) is 1. The number of hydrogen-bond acceptors (Lipinski definition) is 6. The number of carboxylic acids is 1. The van der Waals surface area contributed by atoms with Crippen LogP contribution in [0.25, 0.3) is 0 Å². The van der Waals surface area contributed by atoms with Crippen LogP contribution in [-0.4, -0.2) is 64.9 Å². The van der Waals surface area contributed by atoms with Gasteiger partial charge in [0.2, 0.25) is 17.7 Å². The molecule has 0 aromatic rings. The number of nitrogens with one attached hydrogen (secondary N) is 1. The van der Waals surface area contributed by atoms with Crippen LogP contribution < -0.4 is 22.5 Å². The van der Waals surface area contributed by atoms with Gasteiger partial charge in [-0.3, -0.25) is 19.2 Å². The summed E-state index contributed by atoms with van der Waals surface area (Å²) in [4.78, 5) is 47.0. The van der Waals surface area contributed by atoms with Crippen molar-refractivity contribution in [3.8, 4) is 0 Å². The van der Waals surface area contributed by atoms with E-state index in [9.17, 15) is 14.4 Å². The van der Waals surface area contributed by atoms with Crippen molar-refractivity contribution < 1.29 is 24.3 Å². The number of hydrogen-bond donors (Lipinski definition) is 5. The molecule has 1 aliphatic rings. The minimum atomic E-state index is -0.833. The van der Waals surface area contributed by atoms with Crippen LogP contribution in [0, 0.1) is 5.92 Å². The third kappa shape index (κ3) is 9.14. The molecule has 0 radical (unpaired) electrons. The Hall–Kier alpha value is -2.20. The number of carbonyl (C=O) groups is 4. The topological polar surface area (TPSA) is 182 Å². The van der Waals surface area contributed by atoms with Crippen molar-refractivity contribution in [1.82, 2.24) is 10.2 Å². The molecule has 10 nitrogen and oxygen atoms in total. The van der Waals surface area contributed by atoms with Gasteiger partial charge >= 0.3 is 0 Å². The molecule has 1 saturated heterocycles. The zero-order valence-corrected chi connectivity index (χ0v) is 17.0. The molecular weight excluding hydrogens is 366 g/mol. The van der Waals surface area contributed by atoms with Crippen molar-refractivity contribution in [2.24, 2.45) is 23.1 Å². The van der Waals surface area contributed by atoms with E-state index in [1.165, 1.54) is 4.90 Å². The number of unbranched alkanes of at least 4 members (excludes halogenated alkanes) is 1. The maximum atomic E-state index is 12.5. The van der Waals surface area contributed by atoms with E-state index >= 15 is 0 Å². The smallest absolute Gasteiger partial charge is 0.300 e. The number of rotatable bonds is 9. The number of aliphatic carboxylic acids is 1. The van der Waals surface area contributed by atoms with Gasteiger partial charge in [0, 0.05) is 13.5 Å². The van der Waals surface area contributed by atoms with Crippen molar-refractivity contribution >= 4 is 23.7 Å². The molecule has 3 atom stereocenters. The molecule has 0 aromatic heterocycles. The van der Waals surface area contributed by atoms with Crippen LogP contribution in [0.15, 0.2) is 0 Å². The number of carbonyl (C=O) groups excluding carboxylic acids is 3. The molecule has 1 rings (SSSR count). The van der Waals surface area contributed by atoms with E-state index < -0.39 is 30.0 Å². The third-order valence-corrected chi connectivity index (χ3v) is 4.40. The highest BCUT2D eigenvalue weighted by Gasteiger charge is 2.37.